The topological polar surface area (TPSA) is 60.4 Å². The number of ether oxygens (including phenoxy) is 1. The quantitative estimate of drug-likeness (QED) is 0.528. The second kappa shape index (κ2) is 3.84. The number of carbonyl (C=O) groups is 1. The molecule has 1 fully saturated rings. The van der Waals surface area contributed by atoms with E-state index in [4.69, 9.17) is 0 Å². The highest BCUT2D eigenvalue weighted by atomic mass is 32.3. The number of hydrogen-bond donors (Lipinski definition) is 0. The van der Waals surface area contributed by atoms with E-state index in [2.05, 4.69) is 4.74 Å². The summed E-state index contributed by atoms with van der Waals surface area (Å²) in [6.07, 6.45) is 2.07. The van der Waals surface area contributed by atoms with Gasteiger partial charge in [-0.1, -0.05) is 6.42 Å². The van der Waals surface area contributed by atoms with Gasteiger partial charge in [0.1, 0.15) is 0 Å². The van der Waals surface area contributed by atoms with Crippen molar-refractivity contribution in [1.82, 2.24) is 0 Å². The van der Waals surface area contributed by atoms with E-state index in [1.54, 1.807) is 0 Å². The standard InChI is InChI=1S/C8H13FO4S/c1-13-7(10)8(3-2-4-8)5-6-14(9,11)12/h2-6H2,1H3. The van der Waals surface area contributed by atoms with Gasteiger partial charge in [0.2, 0.25) is 0 Å². The normalized spacial score (nSPS) is 19.9. The fourth-order valence-electron chi connectivity index (χ4n) is 1.69. The van der Waals surface area contributed by atoms with Crippen molar-refractivity contribution in [2.24, 2.45) is 5.41 Å². The van der Waals surface area contributed by atoms with Gasteiger partial charge in [-0.2, -0.15) is 8.42 Å². The molecule has 1 rings (SSSR count). The Labute approximate surface area is 82.6 Å². The number of rotatable bonds is 4. The van der Waals surface area contributed by atoms with E-state index in [9.17, 15) is 17.1 Å². The number of hydrogen-bond acceptors (Lipinski definition) is 4. The SMILES string of the molecule is COC(=O)C1(CCS(=O)(=O)F)CCC1. The van der Waals surface area contributed by atoms with Crippen molar-refractivity contribution < 1.29 is 21.8 Å². The highest BCUT2D eigenvalue weighted by molar-refractivity contribution is 7.86. The molecule has 0 aromatic heterocycles. The van der Waals surface area contributed by atoms with Crippen LogP contribution in [0.1, 0.15) is 25.7 Å². The molecule has 4 nitrogen and oxygen atoms in total. The van der Waals surface area contributed by atoms with Crippen LogP contribution in [0.15, 0.2) is 0 Å². The van der Waals surface area contributed by atoms with E-state index in [0.29, 0.717) is 12.8 Å². The monoisotopic (exact) mass is 224 g/mol. The summed E-state index contributed by atoms with van der Waals surface area (Å²) in [6.45, 7) is 0. The van der Waals surface area contributed by atoms with Crippen LogP contribution in [0.2, 0.25) is 0 Å². The van der Waals surface area contributed by atoms with Gasteiger partial charge in [0, 0.05) is 0 Å². The van der Waals surface area contributed by atoms with Gasteiger partial charge >= 0.3 is 16.2 Å². The lowest BCUT2D eigenvalue weighted by molar-refractivity contribution is -0.158. The zero-order chi connectivity index (χ0) is 10.8. The Balaban J connectivity index is 2.59. The van der Waals surface area contributed by atoms with Gasteiger partial charge < -0.3 is 4.74 Å². The molecule has 0 amide bonds. The van der Waals surface area contributed by atoms with Crippen molar-refractivity contribution in [2.45, 2.75) is 25.7 Å². The lowest BCUT2D eigenvalue weighted by Crippen LogP contribution is -2.40. The molecule has 1 saturated carbocycles. The molecule has 1 aliphatic carbocycles. The average molecular weight is 224 g/mol. The van der Waals surface area contributed by atoms with Gasteiger partial charge in [0.25, 0.3) is 0 Å². The van der Waals surface area contributed by atoms with E-state index in [1.807, 2.05) is 0 Å². The van der Waals surface area contributed by atoms with Crippen LogP contribution in [0.3, 0.4) is 0 Å². The van der Waals surface area contributed by atoms with Crippen molar-refractivity contribution in [1.29, 1.82) is 0 Å². The molecule has 6 heteroatoms. The number of halogens is 1. The molecular weight excluding hydrogens is 211 g/mol. The molecule has 0 aromatic rings. The first-order chi connectivity index (χ1) is 6.40. The van der Waals surface area contributed by atoms with E-state index in [1.165, 1.54) is 7.11 Å². The first-order valence-electron chi connectivity index (χ1n) is 4.40. The summed E-state index contributed by atoms with van der Waals surface area (Å²) >= 11 is 0. The number of methoxy groups -OCH3 is 1. The first-order valence-corrected chi connectivity index (χ1v) is 5.96. The van der Waals surface area contributed by atoms with Crippen LogP contribution < -0.4 is 0 Å². The van der Waals surface area contributed by atoms with E-state index >= 15 is 0 Å². The van der Waals surface area contributed by atoms with Gasteiger partial charge in [-0.05, 0) is 19.3 Å². The molecule has 0 aromatic carbocycles. The van der Waals surface area contributed by atoms with Crippen molar-refractivity contribution in [3.63, 3.8) is 0 Å². The zero-order valence-corrected chi connectivity index (χ0v) is 8.77. The Morgan fingerprint density at radius 2 is 2.07 bits per heavy atom. The van der Waals surface area contributed by atoms with Gasteiger partial charge in [0.15, 0.2) is 0 Å². The van der Waals surface area contributed by atoms with Crippen LogP contribution in [0, 0.1) is 5.41 Å². The van der Waals surface area contributed by atoms with Crippen LogP contribution in [0.4, 0.5) is 3.89 Å². The third-order valence-corrected chi connectivity index (χ3v) is 3.45. The van der Waals surface area contributed by atoms with Crippen LogP contribution in [-0.4, -0.2) is 27.2 Å². The molecule has 0 saturated heterocycles. The highest BCUT2D eigenvalue weighted by Gasteiger charge is 2.45. The molecule has 82 valence electrons. The first kappa shape index (κ1) is 11.4. The summed E-state index contributed by atoms with van der Waals surface area (Å²) in [7, 11) is -3.23. The minimum atomic E-state index is -4.48. The molecule has 0 unspecified atom stereocenters. The maximum Gasteiger partial charge on any atom is 0.311 e. The summed E-state index contributed by atoms with van der Waals surface area (Å²) in [6, 6.07) is 0. The summed E-state index contributed by atoms with van der Waals surface area (Å²) < 4.78 is 37.5. The van der Waals surface area contributed by atoms with Crippen molar-refractivity contribution in [3.8, 4) is 0 Å². The minimum Gasteiger partial charge on any atom is -0.469 e. The van der Waals surface area contributed by atoms with Gasteiger partial charge in [-0.25, -0.2) is 0 Å². The van der Waals surface area contributed by atoms with Crippen molar-refractivity contribution >= 4 is 16.2 Å². The Bertz CT molecular complexity index is 318. The van der Waals surface area contributed by atoms with Gasteiger partial charge in [-0.3, -0.25) is 4.79 Å². The van der Waals surface area contributed by atoms with Crippen molar-refractivity contribution in [2.75, 3.05) is 12.9 Å². The Morgan fingerprint density at radius 1 is 1.50 bits per heavy atom. The Morgan fingerprint density at radius 3 is 2.36 bits per heavy atom. The number of carbonyl (C=O) groups excluding carboxylic acids is 1. The summed E-state index contributed by atoms with van der Waals surface area (Å²) in [5, 5.41) is 0. The third-order valence-electron chi connectivity index (χ3n) is 2.75. The van der Waals surface area contributed by atoms with E-state index in [-0.39, 0.29) is 6.42 Å². The summed E-state index contributed by atoms with van der Waals surface area (Å²) in [4.78, 5) is 11.3. The van der Waals surface area contributed by atoms with E-state index < -0.39 is 27.4 Å². The van der Waals surface area contributed by atoms with Crippen LogP contribution in [-0.2, 0) is 19.8 Å². The predicted molar refractivity (Wildman–Crippen MR) is 47.8 cm³/mol. The summed E-state index contributed by atoms with van der Waals surface area (Å²) in [5.41, 5.74) is -0.742. The fraction of sp³-hybridized carbons (Fsp3) is 0.875. The predicted octanol–water partition coefficient (Wildman–Crippen LogP) is 1.02. The molecule has 0 spiro atoms. The molecular formula is C8H13FO4S. The van der Waals surface area contributed by atoms with E-state index in [0.717, 1.165) is 6.42 Å². The molecule has 1 aliphatic rings. The fourth-order valence-corrected chi connectivity index (χ4v) is 2.33. The molecule has 0 aliphatic heterocycles. The number of esters is 1. The largest absolute Gasteiger partial charge is 0.469 e. The molecule has 0 heterocycles. The lowest BCUT2D eigenvalue weighted by Gasteiger charge is -2.38. The Hall–Kier alpha value is -0.650. The maximum absolute atomic E-state index is 12.3. The lowest BCUT2D eigenvalue weighted by atomic mass is 9.67. The third kappa shape index (κ3) is 2.43. The molecule has 14 heavy (non-hydrogen) atoms. The highest BCUT2D eigenvalue weighted by Crippen LogP contribution is 2.45. The van der Waals surface area contributed by atoms with Gasteiger partial charge in [-0.15, -0.1) is 3.89 Å². The van der Waals surface area contributed by atoms with Crippen LogP contribution in [0.5, 0.6) is 0 Å². The second-order valence-electron chi connectivity index (χ2n) is 3.62. The summed E-state index contributed by atoms with van der Waals surface area (Å²) in [5.74, 6) is -1.02. The minimum absolute atomic E-state index is 0.0263. The average Bonchev–Trinajstić information content (AvgIpc) is 1.99. The van der Waals surface area contributed by atoms with Crippen LogP contribution in [0.25, 0.3) is 0 Å². The van der Waals surface area contributed by atoms with Crippen LogP contribution >= 0.6 is 0 Å². The molecule has 0 radical (unpaired) electrons. The molecule has 0 bridgehead atoms. The zero-order valence-electron chi connectivity index (χ0n) is 7.95. The smallest absolute Gasteiger partial charge is 0.311 e. The molecule has 0 atom stereocenters. The second-order valence-corrected chi connectivity index (χ2v) is 5.10. The van der Waals surface area contributed by atoms with Gasteiger partial charge in [0.05, 0.1) is 18.3 Å². The molecule has 0 N–H and O–H groups in total. The Kier molecular flexibility index (Phi) is 3.14. The van der Waals surface area contributed by atoms with Crippen molar-refractivity contribution in [3.05, 3.63) is 0 Å². The maximum atomic E-state index is 12.3.